The second kappa shape index (κ2) is 4.48. The zero-order valence-electron chi connectivity index (χ0n) is 10.8. The lowest BCUT2D eigenvalue weighted by molar-refractivity contribution is -0.114. The predicted octanol–water partition coefficient (Wildman–Crippen LogP) is 1.56. The molecule has 0 aliphatic carbocycles. The van der Waals surface area contributed by atoms with Gasteiger partial charge in [-0.15, -0.1) is 0 Å². The van der Waals surface area contributed by atoms with Crippen molar-refractivity contribution in [3.63, 3.8) is 0 Å². The van der Waals surface area contributed by atoms with Gasteiger partial charge in [0.2, 0.25) is 5.91 Å². The van der Waals surface area contributed by atoms with Gasteiger partial charge in [-0.3, -0.25) is 4.79 Å². The molecule has 1 amide bonds. The number of carbonyl (C=O) groups is 1. The van der Waals surface area contributed by atoms with Gasteiger partial charge >= 0.3 is 11.3 Å². The molecular formula is C14H9NO6. The van der Waals surface area contributed by atoms with Crippen molar-refractivity contribution in [3.05, 3.63) is 45.1 Å². The van der Waals surface area contributed by atoms with E-state index in [0.717, 1.165) is 0 Å². The summed E-state index contributed by atoms with van der Waals surface area (Å²) in [7, 11) is 0. The number of anilines is 1. The molecule has 2 aromatic heterocycles. The molecule has 1 aromatic carbocycles. The van der Waals surface area contributed by atoms with Crippen LogP contribution in [0.4, 0.5) is 5.69 Å². The predicted molar refractivity (Wildman–Crippen MR) is 74.5 cm³/mol. The van der Waals surface area contributed by atoms with Gasteiger partial charge in [0.05, 0.1) is 5.39 Å². The molecule has 7 nitrogen and oxygen atoms in total. The van der Waals surface area contributed by atoms with E-state index in [1.807, 2.05) is 0 Å². The minimum Gasteiger partial charge on any atom is -0.508 e. The van der Waals surface area contributed by atoms with E-state index in [4.69, 9.17) is 8.83 Å². The smallest absolute Gasteiger partial charge is 0.360 e. The van der Waals surface area contributed by atoms with Crippen molar-refractivity contribution in [2.24, 2.45) is 0 Å². The Bertz CT molecular complexity index is 998. The molecule has 0 unspecified atom stereocenters. The summed E-state index contributed by atoms with van der Waals surface area (Å²) >= 11 is 0. The van der Waals surface area contributed by atoms with Crippen LogP contribution in [0.2, 0.25) is 0 Å². The van der Waals surface area contributed by atoms with E-state index in [-0.39, 0.29) is 28.0 Å². The van der Waals surface area contributed by atoms with Crippen molar-refractivity contribution < 1.29 is 18.7 Å². The SMILES string of the molecule is CC(=O)Nc1cc2c(=O)oc3cc(O)ccc3c2oc1=O. The first-order valence-electron chi connectivity index (χ1n) is 5.97. The van der Waals surface area contributed by atoms with E-state index in [1.165, 1.54) is 31.2 Å². The normalized spacial score (nSPS) is 10.9. The zero-order valence-corrected chi connectivity index (χ0v) is 10.8. The number of nitrogens with one attached hydrogen (secondary N) is 1. The summed E-state index contributed by atoms with van der Waals surface area (Å²) in [6.45, 7) is 1.23. The molecule has 3 aromatic rings. The van der Waals surface area contributed by atoms with Crippen LogP contribution in [0, 0.1) is 0 Å². The number of hydrogen-bond donors (Lipinski definition) is 2. The maximum atomic E-state index is 11.9. The maximum Gasteiger partial charge on any atom is 0.360 e. The van der Waals surface area contributed by atoms with Crippen LogP contribution in [0.1, 0.15) is 6.92 Å². The minimum atomic E-state index is -0.780. The quantitative estimate of drug-likeness (QED) is 0.519. The number of hydrogen-bond acceptors (Lipinski definition) is 6. The second-order valence-electron chi connectivity index (χ2n) is 4.44. The lowest BCUT2D eigenvalue weighted by Gasteiger charge is -2.04. The number of carbonyl (C=O) groups excluding carboxylic acids is 1. The molecule has 0 bridgehead atoms. The molecule has 3 rings (SSSR count). The van der Waals surface area contributed by atoms with Crippen molar-refractivity contribution in [1.82, 2.24) is 0 Å². The monoisotopic (exact) mass is 287 g/mol. The van der Waals surface area contributed by atoms with Crippen molar-refractivity contribution in [3.8, 4) is 5.75 Å². The first kappa shape index (κ1) is 12.9. The molecular weight excluding hydrogens is 278 g/mol. The molecule has 0 spiro atoms. The van der Waals surface area contributed by atoms with Gasteiger partial charge in [-0.1, -0.05) is 0 Å². The number of rotatable bonds is 1. The van der Waals surface area contributed by atoms with Gasteiger partial charge in [0, 0.05) is 13.0 Å². The summed E-state index contributed by atoms with van der Waals surface area (Å²) in [4.78, 5) is 34.8. The van der Waals surface area contributed by atoms with Gasteiger partial charge in [0.15, 0.2) is 5.58 Å². The fourth-order valence-corrected chi connectivity index (χ4v) is 2.04. The average Bonchev–Trinajstić information content (AvgIpc) is 2.39. The van der Waals surface area contributed by atoms with Crippen molar-refractivity contribution >= 4 is 33.5 Å². The molecule has 21 heavy (non-hydrogen) atoms. The Kier molecular flexibility index (Phi) is 2.76. The van der Waals surface area contributed by atoms with Crippen molar-refractivity contribution in [2.75, 3.05) is 5.32 Å². The summed E-state index contributed by atoms with van der Waals surface area (Å²) < 4.78 is 10.2. The van der Waals surface area contributed by atoms with Crippen LogP contribution in [-0.4, -0.2) is 11.0 Å². The fourth-order valence-electron chi connectivity index (χ4n) is 2.04. The molecule has 2 N–H and O–H groups in total. The van der Waals surface area contributed by atoms with E-state index < -0.39 is 17.2 Å². The largest absolute Gasteiger partial charge is 0.508 e. The van der Waals surface area contributed by atoms with E-state index in [9.17, 15) is 19.5 Å². The maximum absolute atomic E-state index is 11.9. The Morgan fingerprint density at radius 2 is 1.86 bits per heavy atom. The van der Waals surface area contributed by atoms with E-state index in [2.05, 4.69) is 5.32 Å². The first-order valence-corrected chi connectivity index (χ1v) is 5.97. The van der Waals surface area contributed by atoms with Gasteiger partial charge in [0.25, 0.3) is 0 Å². The number of phenolic OH excluding ortho intramolecular Hbond substituents is 1. The Morgan fingerprint density at radius 3 is 2.57 bits per heavy atom. The summed E-state index contributed by atoms with van der Waals surface area (Å²) in [5.41, 5.74) is -1.51. The summed E-state index contributed by atoms with van der Waals surface area (Å²) in [6, 6.07) is 5.30. The van der Waals surface area contributed by atoms with Gasteiger partial charge in [-0.25, -0.2) is 9.59 Å². The van der Waals surface area contributed by atoms with Gasteiger partial charge < -0.3 is 19.3 Å². The third-order valence-corrected chi connectivity index (χ3v) is 2.89. The van der Waals surface area contributed by atoms with E-state index in [1.54, 1.807) is 0 Å². The number of benzene rings is 1. The van der Waals surface area contributed by atoms with Crippen LogP contribution in [0.3, 0.4) is 0 Å². The Morgan fingerprint density at radius 1 is 1.10 bits per heavy atom. The highest BCUT2D eigenvalue weighted by molar-refractivity contribution is 6.02. The van der Waals surface area contributed by atoms with Crippen LogP contribution in [0.15, 0.2) is 42.7 Å². The number of fused-ring (bicyclic) bond motifs is 3. The summed E-state index contributed by atoms with van der Waals surface area (Å²) in [5, 5.41) is 12.1. The number of aromatic hydroxyl groups is 1. The van der Waals surface area contributed by atoms with Crippen molar-refractivity contribution in [1.29, 1.82) is 0 Å². The van der Waals surface area contributed by atoms with Crippen LogP contribution >= 0.6 is 0 Å². The van der Waals surface area contributed by atoms with Gasteiger partial charge in [-0.2, -0.15) is 0 Å². The minimum absolute atomic E-state index is 0.0246. The topological polar surface area (TPSA) is 110 Å². The molecule has 0 aliphatic rings. The average molecular weight is 287 g/mol. The summed E-state index contributed by atoms with van der Waals surface area (Å²) in [6.07, 6.45) is 0. The van der Waals surface area contributed by atoms with Crippen LogP contribution in [0.25, 0.3) is 21.9 Å². The van der Waals surface area contributed by atoms with Crippen LogP contribution in [0.5, 0.6) is 5.75 Å². The molecule has 0 radical (unpaired) electrons. The number of phenols is 1. The van der Waals surface area contributed by atoms with Crippen LogP contribution < -0.4 is 16.6 Å². The molecule has 106 valence electrons. The third kappa shape index (κ3) is 2.14. The standard InChI is InChI=1S/C14H9NO6/c1-6(16)15-10-5-9-12(21-14(10)19)8-3-2-7(17)4-11(8)20-13(9)18/h2-5,17H,1H3,(H,15,16). The second-order valence-corrected chi connectivity index (χ2v) is 4.44. The third-order valence-electron chi connectivity index (χ3n) is 2.89. The molecule has 0 saturated carbocycles. The van der Waals surface area contributed by atoms with Gasteiger partial charge in [0.1, 0.15) is 22.4 Å². The van der Waals surface area contributed by atoms with E-state index >= 15 is 0 Å². The summed E-state index contributed by atoms with van der Waals surface area (Å²) in [5.74, 6) is -0.543. The molecule has 0 fully saturated rings. The van der Waals surface area contributed by atoms with Gasteiger partial charge in [-0.05, 0) is 18.2 Å². The van der Waals surface area contributed by atoms with Crippen molar-refractivity contribution in [2.45, 2.75) is 6.92 Å². The Labute approximate surface area is 116 Å². The molecule has 0 aliphatic heterocycles. The molecule has 0 atom stereocenters. The molecule has 7 heteroatoms. The number of amides is 1. The lowest BCUT2D eigenvalue weighted by atomic mass is 10.1. The molecule has 0 saturated heterocycles. The first-order chi connectivity index (χ1) is 9.95. The fraction of sp³-hybridized carbons (Fsp3) is 0.0714. The molecule has 2 heterocycles. The lowest BCUT2D eigenvalue weighted by Crippen LogP contribution is -2.15. The Hall–Kier alpha value is -3.09. The zero-order chi connectivity index (χ0) is 15.1. The highest BCUT2D eigenvalue weighted by Gasteiger charge is 2.14. The Balaban J connectivity index is 2.43. The highest BCUT2D eigenvalue weighted by Crippen LogP contribution is 2.25. The van der Waals surface area contributed by atoms with Crippen LogP contribution in [-0.2, 0) is 4.79 Å². The highest BCUT2D eigenvalue weighted by atomic mass is 16.4. The van der Waals surface area contributed by atoms with E-state index in [0.29, 0.717) is 5.39 Å².